The van der Waals surface area contributed by atoms with Crippen LogP contribution in [0.1, 0.15) is 15.9 Å². The Morgan fingerprint density at radius 2 is 1.41 bits per heavy atom. The molecule has 1 amide bonds. The zero-order valence-electron chi connectivity index (χ0n) is 16.8. The SMILES string of the molecule is COc1ccccc1CN1CCN(C(=O)c2ccc(-c3ccccc3)cc2)CC1. The molecule has 4 heteroatoms. The van der Waals surface area contributed by atoms with Gasteiger partial charge in [0.1, 0.15) is 5.75 Å². The second-order valence-corrected chi connectivity index (χ2v) is 7.32. The van der Waals surface area contributed by atoms with Gasteiger partial charge >= 0.3 is 0 Å². The third-order valence-corrected chi connectivity index (χ3v) is 5.48. The standard InChI is InChI=1S/C25H26N2O2/c1-29-24-10-6-5-9-23(24)19-26-15-17-27(18-16-26)25(28)22-13-11-21(12-14-22)20-7-3-2-4-8-20/h2-14H,15-19H2,1H3. The van der Waals surface area contributed by atoms with E-state index >= 15 is 0 Å². The van der Waals surface area contributed by atoms with Crippen molar-refractivity contribution in [3.8, 4) is 16.9 Å². The Morgan fingerprint density at radius 1 is 0.793 bits per heavy atom. The number of amides is 1. The van der Waals surface area contributed by atoms with Crippen LogP contribution in [0.5, 0.6) is 5.75 Å². The second-order valence-electron chi connectivity index (χ2n) is 7.32. The van der Waals surface area contributed by atoms with Gasteiger partial charge in [-0.05, 0) is 29.3 Å². The summed E-state index contributed by atoms with van der Waals surface area (Å²) in [5.74, 6) is 1.03. The van der Waals surface area contributed by atoms with Gasteiger partial charge in [-0.15, -0.1) is 0 Å². The fourth-order valence-electron chi connectivity index (χ4n) is 3.80. The van der Waals surface area contributed by atoms with Crippen molar-refractivity contribution >= 4 is 5.91 Å². The first-order chi connectivity index (χ1) is 14.2. The predicted octanol–water partition coefficient (Wildman–Crippen LogP) is 4.32. The average Bonchev–Trinajstić information content (AvgIpc) is 2.80. The third-order valence-electron chi connectivity index (χ3n) is 5.48. The van der Waals surface area contributed by atoms with E-state index in [1.807, 2.05) is 65.6 Å². The van der Waals surface area contributed by atoms with E-state index in [1.54, 1.807) is 7.11 Å². The number of methoxy groups -OCH3 is 1. The number of carbonyl (C=O) groups is 1. The van der Waals surface area contributed by atoms with Gasteiger partial charge in [0.15, 0.2) is 0 Å². The van der Waals surface area contributed by atoms with Crippen LogP contribution >= 0.6 is 0 Å². The molecular formula is C25H26N2O2. The summed E-state index contributed by atoms with van der Waals surface area (Å²) in [6.07, 6.45) is 0. The van der Waals surface area contributed by atoms with Crippen molar-refractivity contribution in [3.05, 3.63) is 90.0 Å². The van der Waals surface area contributed by atoms with E-state index in [-0.39, 0.29) is 5.91 Å². The average molecular weight is 386 g/mol. The summed E-state index contributed by atoms with van der Waals surface area (Å²) >= 11 is 0. The van der Waals surface area contributed by atoms with Crippen molar-refractivity contribution in [3.63, 3.8) is 0 Å². The topological polar surface area (TPSA) is 32.8 Å². The lowest BCUT2D eigenvalue weighted by molar-refractivity contribution is 0.0627. The number of para-hydroxylation sites is 1. The minimum absolute atomic E-state index is 0.113. The highest BCUT2D eigenvalue weighted by atomic mass is 16.5. The molecule has 3 aromatic carbocycles. The van der Waals surface area contributed by atoms with Crippen LogP contribution in [-0.2, 0) is 6.54 Å². The number of carbonyl (C=O) groups excluding carboxylic acids is 1. The van der Waals surface area contributed by atoms with E-state index in [1.165, 1.54) is 5.56 Å². The Morgan fingerprint density at radius 3 is 2.10 bits per heavy atom. The first-order valence-electron chi connectivity index (χ1n) is 10.0. The summed E-state index contributed by atoms with van der Waals surface area (Å²) in [5.41, 5.74) is 4.23. The van der Waals surface area contributed by atoms with Crippen molar-refractivity contribution in [1.82, 2.24) is 9.80 Å². The molecule has 0 saturated carbocycles. The molecule has 0 bridgehead atoms. The normalized spacial score (nSPS) is 14.6. The summed E-state index contributed by atoms with van der Waals surface area (Å²) < 4.78 is 5.45. The number of piperazine rings is 1. The lowest BCUT2D eigenvalue weighted by Gasteiger charge is -2.35. The van der Waals surface area contributed by atoms with Crippen molar-refractivity contribution in [2.75, 3.05) is 33.3 Å². The van der Waals surface area contributed by atoms with E-state index in [0.717, 1.165) is 55.2 Å². The van der Waals surface area contributed by atoms with Crippen LogP contribution in [0, 0.1) is 0 Å². The molecule has 1 saturated heterocycles. The molecule has 0 radical (unpaired) electrons. The largest absolute Gasteiger partial charge is 0.496 e. The quantitative estimate of drug-likeness (QED) is 0.655. The van der Waals surface area contributed by atoms with Crippen LogP contribution in [0.2, 0.25) is 0 Å². The van der Waals surface area contributed by atoms with Crippen LogP contribution in [0.25, 0.3) is 11.1 Å². The lowest BCUT2D eigenvalue weighted by Crippen LogP contribution is -2.48. The molecule has 1 heterocycles. The van der Waals surface area contributed by atoms with Crippen LogP contribution in [0.4, 0.5) is 0 Å². The highest BCUT2D eigenvalue weighted by Gasteiger charge is 2.22. The number of rotatable bonds is 5. The van der Waals surface area contributed by atoms with Crippen LogP contribution in [0.15, 0.2) is 78.9 Å². The zero-order valence-corrected chi connectivity index (χ0v) is 16.8. The minimum atomic E-state index is 0.113. The Balaban J connectivity index is 1.35. The maximum absolute atomic E-state index is 12.9. The van der Waals surface area contributed by atoms with Gasteiger partial charge in [-0.2, -0.15) is 0 Å². The molecule has 4 nitrogen and oxygen atoms in total. The summed E-state index contributed by atoms with van der Waals surface area (Å²) in [5, 5.41) is 0. The van der Waals surface area contributed by atoms with E-state index in [0.29, 0.717) is 0 Å². The zero-order chi connectivity index (χ0) is 20.1. The minimum Gasteiger partial charge on any atom is -0.496 e. The Kier molecular flexibility index (Phi) is 5.92. The molecule has 0 unspecified atom stereocenters. The van der Waals surface area contributed by atoms with Gasteiger partial charge in [0, 0.05) is 43.9 Å². The smallest absolute Gasteiger partial charge is 0.253 e. The molecule has 0 N–H and O–H groups in total. The Hall–Kier alpha value is -3.11. The van der Waals surface area contributed by atoms with Gasteiger partial charge in [0.05, 0.1) is 7.11 Å². The molecule has 148 valence electrons. The molecule has 1 fully saturated rings. The molecule has 3 aromatic rings. The summed E-state index contributed by atoms with van der Waals surface area (Å²) in [6, 6.07) is 26.3. The molecule has 4 rings (SSSR count). The fourth-order valence-corrected chi connectivity index (χ4v) is 3.80. The second kappa shape index (κ2) is 8.93. The lowest BCUT2D eigenvalue weighted by atomic mass is 10.0. The maximum atomic E-state index is 12.9. The van der Waals surface area contributed by atoms with E-state index < -0.39 is 0 Å². The first kappa shape index (κ1) is 19.2. The van der Waals surface area contributed by atoms with Crippen molar-refractivity contribution in [2.24, 2.45) is 0 Å². The number of hydrogen-bond acceptors (Lipinski definition) is 3. The van der Waals surface area contributed by atoms with E-state index in [9.17, 15) is 4.79 Å². The fraction of sp³-hybridized carbons (Fsp3) is 0.240. The number of ether oxygens (including phenoxy) is 1. The number of nitrogens with zero attached hydrogens (tertiary/aromatic N) is 2. The molecule has 0 aromatic heterocycles. The highest BCUT2D eigenvalue weighted by molar-refractivity contribution is 5.94. The maximum Gasteiger partial charge on any atom is 0.253 e. The van der Waals surface area contributed by atoms with Crippen molar-refractivity contribution in [1.29, 1.82) is 0 Å². The summed E-state index contributed by atoms with van der Waals surface area (Å²) in [7, 11) is 1.71. The van der Waals surface area contributed by atoms with Crippen LogP contribution < -0.4 is 4.74 Å². The molecule has 0 aliphatic carbocycles. The van der Waals surface area contributed by atoms with Gasteiger partial charge in [0.25, 0.3) is 5.91 Å². The molecule has 29 heavy (non-hydrogen) atoms. The first-order valence-corrected chi connectivity index (χ1v) is 10.0. The van der Waals surface area contributed by atoms with Gasteiger partial charge in [-0.25, -0.2) is 0 Å². The Labute approximate surface area is 172 Å². The molecule has 0 spiro atoms. The van der Waals surface area contributed by atoms with Gasteiger partial charge in [-0.1, -0.05) is 60.7 Å². The molecule has 0 atom stereocenters. The molecular weight excluding hydrogens is 360 g/mol. The van der Waals surface area contributed by atoms with Crippen LogP contribution in [-0.4, -0.2) is 49.0 Å². The van der Waals surface area contributed by atoms with E-state index in [2.05, 4.69) is 23.1 Å². The summed E-state index contributed by atoms with van der Waals surface area (Å²) in [4.78, 5) is 17.2. The highest BCUT2D eigenvalue weighted by Crippen LogP contribution is 2.22. The monoisotopic (exact) mass is 386 g/mol. The predicted molar refractivity (Wildman–Crippen MR) is 116 cm³/mol. The third kappa shape index (κ3) is 4.49. The van der Waals surface area contributed by atoms with E-state index in [4.69, 9.17) is 4.74 Å². The molecule has 1 aliphatic heterocycles. The van der Waals surface area contributed by atoms with Gasteiger partial charge < -0.3 is 9.64 Å². The number of hydrogen-bond donors (Lipinski definition) is 0. The summed E-state index contributed by atoms with van der Waals surface area (Å²) in [6.45, 7) is 4.07. The van der Waals surface area contributed by atoms with Gasteiger partial charge in [0.2, 0.25) is 0 Å². The van der Waals surface area contributed by atoms with Gasteiger partial charge in [-0.3, -0.25) is 9.69 Å². The van der Waals surface area contributed by atoms with Crippen molar-refractivity contribution in [2.45, 2.75) is 6.54 Å². The molecule has 1 aliphatic rings. The van der Waals surface area contributed by atoms with Crippen molar-refractivity contribution < 1.29 is 9.53 Å². The Bertz CT molecular complexity index is 946. The van der Waals surface area contributed by atoms with Crippen LogP contribution in [0.3, 0.4) is 0 Å². The number of benzene rings is 3.